The predicted octanol–water partition coefficient (Wildman–Crippen LogP) is 1.36. The molecule has 0 atom stereocenters. The second kappa shape index (κ2) is 9.19. The van der Waals surface area contributed by atoms with Crippen LogP contribution in [0, 0.1) is 11.3 Å². The van der Waals surface area contributed by atoms with E-state index in [2.05, 4.69) is 14.5 Å². The zero-order valence-electron chi connectivity index (χ0n) is 8.99. The highest BCUT2D eigenvalue weighted by Crippen LogP contribution is 2.01. The molecule has 0 rings (SSSR count). The molecule has 0 unspecified atom stereocenters. The van der Waals surface area contributed by atoms with Crippen molar-refractivity contribution in [1.82, 2.24) is 0 Å². The van der Waals surface area contributed by atoms with Crippen molar-refractivity contribution in [3.63, 3.8) is 0 Å². The third-order valence-corrected chi connectivity index (χ3v) is 1.48. The van der Waals surface area contributed by atoms with Gasteiger partial charge < -0.3 is 4.74 Å². The maximum absolute atomic E-state index is 11.2. The van der Waals surface area contributed by atoms with Gasteiger partial charge in [0.1, 0.15) is 18.2 Å². The first-order valence-corrected chi connectivity index (χ1v) is 4.69. The van der Waals surface area contributed by atoms with Gasteiger partial charge in [0.2, 0.25) is 0 Å². The average Bonchev–Trinajstić information content (AvgIpc) is 2.25. The van der Waals surface area contributed by atoms with Gasteiger partial charge >= 0.3 is 5.97 Å². The van der Waals surface area contributed by atoms with Crippen LogP contribution in [0.5, 0.6) is 0 Å². The lowest BCUT2D eigenvalue weighted by Crippen LogP contribution is -2.10. The second-order valence-electron chi connectivity index (χ2n) is 2.70. The Bertz CT molecular complexity index is 255. The Morgan fingerprint density at radius 2 is 2.20 bits per heavy atom. The van der Waals surface area contributed by atoms with Gasteiger partial charge in [0.05, 0.1) is 6.61 Å². The van der Waals surface area contributed by atoms with Crippen LogP contribution >= 0.6 is 0 Å². The van der Waals surface area contributed by atoms with Gasteiger partial charge in [-0.2, -0.15) is 10.1 Å². The monoisotopic (exact) mass is 213 g/mol. The van der Waals surface area contributed by atoms with E-state index < -0.39 is 5.97 Å². The smallest absolute Gasteiger partial charge is 0.382 e. The van der Waals surface area contributed by atoms with E-state index in [1.807, 2.05) is 6.92 Å². The van der Waals surface area contributed by atoms with Gasteiger partial charge in [-0.05, 0) is 6.42 Å². The fourth-order valence-corrected chi connectivity index (χ4v) is 0.721. The van der Waals surface area contributed by atoms with Crippen molar-refractivity contribution in [2.24, 2.45) is 0 Å². The Labute approximate surface area is 89.2 Å². The summed E-state index contributed by atoms with van der Waals surface area (Å²) in [6, 6.07) is 1.75. The fraction of sp³-hybridized carbons (Fsp3) is 0.600. The summed E-state index contributed by atoms with van der Waals surface area (Å²) in [6.07, 6.45) is 3.06. The van der Waals surface area contributed by atoms with Crippen molar-refractivity contribution >= 4 is 5.97 Å². The van der Waals surface area contributed by atoms with E-state index in [0.29, 0.717) is 13.0 Å². The minimum Gasteiger partial charge on any atom is -0.382 e. The van der Waals surface area contributed by atoms with Crippen molar-refractivity contribution in [2.45, 2.75) is 19.8 Å². The summed E-state index contributed by atoms with van der Waals surface area (Å²) in [6.45, 7) is 2.43. The second-order valence-corrected chi connectivity index (χ2v) is 2.70. The van der Waals surface area contributed by atoms with E-state index in [1.54, 1.807) is 6.07 Å². The molecular formula is C10H15NO4. The summed E-state index contributed by atoms with van der Waals surface area (Å²) >= 11 is 0. The molecule has 0 amide bonds. The summed E-state index contributed by atoms with van der Waals surface area (Å²) < 4.78 is 4.68. The van der Waals surface area contributed by atoms with Gasteiger partial charge in [-0.3, -0.25) is 4.89 Å². The Kier molecular flexibility index (Phi) is 8.34. The topological polar surface area (TPSA) is 68.6 Å². The van der Waals surface area contributed by atoms with Crippen LogP contribution in [0.2, 0.25) is 0 Å². The SMILES string of the molecule is CCCC=C(C#N)C(=O)OOCCOC. The molecule has 0 aromatic heterocycles. The molecule has 15 heavy (non-hydrogen) atoms. The fourth-order valence-electron chi connectivity index (χ4n) is 0.721. The summed E-state index contributed by atoms with van der Waals surface area (Å²) in [5.74, 6) is -0.762. The molecule has 0 aromatic carbocycles. The van der Waals surface area contributed by atoms with Crippen LogP contribution in [-0.4, -0.2) is 26.3 Å². The van der Waals surface area contributed by atoms with Crippen LogP contribution in [0.25, 0.3) is 0 Å². The van der Waals surface area contributed by atoms with Crippen LogP contribution in [0.4, 0.5) is 0 Å². The number of nitrogens with zero attached hydrogens (tertiary/aromatic N) is 1. The molecule has 0 saturated carbocycles. The van der Waals surface area contributed by atoms with Crippen molar-refractivity contribution in [1.29, 1.82) is 5.26 Å². The molecule has 0 N–H and O–H groups in total. The maximum Gasteiger partial charge on any atom is 0.383 e. The molecule has 5 heteroatoms. The van der Waals surface area contributed by atoms with Gasteiger partial charge in [-0.1, -0.05) is 19.4 Å². The maximum atomic E-state index is 11.2. The number of unbranched alkanes of at least 4 members (excludes halogenated alkanes) is 1. The zero-order chi connectivity index (χ0) is 11.5. The molecule has 84 valence electrons. The lowest BCUT2D eigenvalue weighted by molar-refractivity contribution is -0.271. The van der Waals surface area contributed by atoms with Crippen molar-refractivity contribution < 1.29 is 19.3 Å². The lowest BCUT2D eigenvalue weighted by atomic mass is 10.2. The first-order chi connectivity index (χ1) is 7.26. The van der Waals surface area contributed by atoms with Crippen LogP contribution in [0.1, 0.15) is 19.8 Å². The Morgan fingerprint density at radius 3 is 2.73 bits per heavy atom. The van der Waals surface area contributed by atoms with Gasteiger partial charge in [0, 0.05) is 7.11 Å². The van der Waals surface area contributed by atoms with Crippen molar-refractivity contribution in [3.8, 4) is 6.07 Å². The summed E-state index contributed by atoms with van der Waals surface area (Å²) in [7, 11) is 1.51. The molecule has 0 aromatic rings. The summed E-state index contributed by atoms with van der Waals surface area (Å²) in [5, 5.41) is 8.63. The van der Waals surface area contributed by atoms with Gasteiger partial charge in [-0.25, -0.2) is 4.79 Å². The van der Waals surface area contributed by atoms with Gasteiger partial charge in [0.15, 0.2) is 0 Å². The highest BCUT2D eigenvalue weighted by Gasteiger charge is 2.10. The Hall–Kier alpha value is -1.38. The van der Waals surface area contributed by atoms with E-state index in [0.717, 1.165) is 6.42 Å². The quantitative estimate of drug-likeness (QED) is 0.210. The lowest BCUT2D eigenvalue weighted by Gasteiger charge is -2.01. The Morgan fingerprint density at radius 1 is 1.47 bits per heavy atom. The van der Waals surface area contributed by atoms with E-state index in [9.17, 15) is 4.79 Å². The van der Waals surface area contributed by atoms with E-state index in [-0.39, 0.29) is 12.2 Å². The first-order valence-electron chi connectivity index (χ1n) is 4.69. The molecule has 0 fully saturated rings. The number of rotatable bonds is 7. The number of carbonyl (C=O) groups is 1. The molecular weight excluding hydrogens is 198 g/mol. The zero-order valence-corrected chi connectivity index (χ0v) is 8.99. The third kappa shape index (κ3) is 6.66. The number of allylic oxidation sites excluding steroid dienone is 1. The number of nitriles is 1. The number of ether oxygens (including phenoxy) is 1. The molecule has 0 radical (unpaired) electrons. The molecule has 0 aliphatic rings. The molecule has 5 nitrogen and oxygen atoms in total. The molecule has 0 aliphatic carbocycles. The standard InChI is InChI=1S/C10H15NO4/c1-3-4-5-9(8-11)10(12)15-14-7-6-13-2/h5H,3-4,6-7H2,1-2H3. The van der Waals surface area contributed by atoms with Crippen LogP contribution in [-0.2, 0) is 19.3 Å². The summed E-state index contributed by atoms with van der Waals surface area (Å²) in [4.78, 5) is 20.1. The Balaban J connectivity index is 3.90. The number of carbonyl (C=O) groups excluding carboxylic acids is 1. The average molecular weight is 213 g/mol. The van der Waals surface area contributed by atoms with Crippen LogP contribution in [0.3, 0.4) is 0 Å². The molecule has 0 spiro atoms. The van der Waals surface area contributed by atoms with E-state index in [4.69, 9.17) is 5.26 Å². The van der Waals surface area contributed by atoms with E-state index >= 15 is 0 Å². The van der Waals surface area contributed by atoms with Crippen LogP contribution in [0.15, 0.2) is 11.6 Å². The van der Waals surface area contributed by atoms with Gasteiger partial charge in [-0.15, -0.1) is 0 Å². The number of methoxy groups -OCH3 is 1. The highest BCUT2D eigenvalue weighted by molar-refractivity contribution is 5.92. The van der Waals surface area contributed by atoms with Crippen LogP contribution < -0.4 is 0 Å². The van der Waals surface area contributed by atoms with Gasteiger partial charge in [0.25, 0.3) is 0 Å². The predicted molar refractivity (Wildman–Crippen MR) is 52.5 cm³/mol. The minimum atomic E-state index is -0.762. The number of hydrogen-bond acceptors (Lipinski definition) is 5. The first kappa shape index (κ1) is 13.6. The highest BCUT2D eigenvalue weighted by atomic mass is 17.2. The largest absolute Gasteiger partial charge is 0.383 e. The summed E-state index contributed by atoms with van der Waals surface area (Å²) in [5.41, 5.74) is -0.0331. The molecule has 0 saturated heterocycles. The normalized spacial score (nSPS) is 10.9. The minimum absolute atomic E-state index is 0.0331. The molecule has 0 aliphatic heterocycles. The third-order valence-electron chi connectivity index (χ3n) is 1.48. The molecule has 0 bridgehead atoms. The molecule has 0 heterocycles. The number of hydrogen-bond donors (Lipinski definition) is 0. The van der Waals surface area contributed by atoms with Crippen molar-refractivity contribution in [3.05, 3.63) is 11.6 Å². The van der Waals surface area contributed by atoms with E-state index in [1.165, 1.54) is 13.2 Å². The van der Waals surface area contributed by atoms with Crippen molar-refractivity contribution in [2.75, 3.05) is 20.3 Å².